The molecule has 2 atom stereocenters. The van der Waals surface area contributed by atoms with E-state index >= 15 is 0 Å². The van der Waals surface area contributed by atoms with Gasteiger partial charge in [-0.3, -0.25) is 4.98 Å². The molecule has 0 aliphatic heterocycles. The lowest BCUT2D eigenvalue weighted by atomic mass is 9.96. The van der Waals surface area contributed by atoms with E-state index in [2.05, 4.69) is 18.0 Å². The van der Waals surface area contributed by atoms with Crippen molar-refractivity contribution in [3.63, 3.8) is 0 Å². The molecule has 4 rings (SSSR count). The van der Waals surface area contributed by atoms with Gasteiger partial charge in [0.1, 0.15) is 16.9 Å². The number of fused-ring (bicyclic) bond motifs is 1. The second-order valence-electron chi connectivity index (χ2n) is 6.48. The van der Waals surface area contributed by atoms with Crippen LogP contribution in [-0.2, 0) is 5.41 Å². The van der Waals surface area contributed by atoms with Gasteiger partial charge in [0.25, 0.3) is 0 Å². The number of furan rings is 1. The number of rotatable bonds is 3. The number of aryl methyl sites for hydroxylation is 1. The topological polar surface area (TPSA) is 63.3 Å². The van der Waals surface area contributed by atoms with Crippen molar-refractivity contribution < 1.29 is 14.3 Å². The first-order chi connectivity index (χ1) is 11.0. The minimum Gasteiger partial charge on any atom is -0.478 e. The van der Waals surface area contributed by atoms with Gasteiger partial charge in [0.2, 0.25) is 0 Å². The summed E-state index contributed by atoms with van der Waals surface area (Å²) in [6.45, 7) is 3.90. The van der Waals surface area contributed by atoms with Gasteiger partial charge < -0.3 is 9.52 Å². The van der Waals surface area contributed by atoms with E-state index in [1.165, 1.54) is 0 Å². The molecule has 4 nitrogen and oxygen atoms in total. The van der Waals surface area contributed by atoms with Crippen LogP contribution in [0.4, 0.5) is 0 Å². The van der Waals surface area contributed by atoms with Crippen LogP contribution in [0.5, 0.6) is 0 Å². The maximum Gasteiger partial charge on any atom is 0.339 e. The van der Waals surface area contributed by atoms with Gasteiger partial charge in [0, 0.05) is 22.7 Å². The zero-order valence-corrected chi connectivity index (χ0v) is 13.0. The molecule has 1 aliphatic carbocycles. The fourth-order valence-corrected chi connectivity index (χ4v) is 3.55. The molecular formula is C19H17NO3. The van der Waals surface area contributed by atoms with Gasteiger partial charge in [-0.05, 0) is 49.1 Å². The van der Waals surface area contributed by atoms with E-state index in [9.17, 15) is 9.90 Å². The van der Waals surface area contributed by atoms with Crippen molar-refractivity contribution in [1.82, 2.24) is 4.98 Å². The number of benzene rings is 1. The molecule has 4 heteroatoms. The lowest BCUT2D eigenvalue weighted by Crippen LogP contribution is -2.06. The van der Waals surface area contributed by atoms with Gasteiger partial charge in [-0.1, -0.05) is 19.1 Å². The molecule has 23 heavy (non-hydrogen) atoms. The van der Waals surface area contributed by atoms with Gasteiger partial charge in [0.15, 0.2) is 0 Å². The van der Waals surface area contributed by atoms with Crippen molar-refractivity contribution in [2.45, 2.75) is 31.6 Å². The van der Waals surface area contributed by atoms with Crippen LogP contribution in [0.1, 0.15) is 46.6 Å². The first-order valence-corrected chi connectivity index (χ1v) is 7.68. The summed E-state index contributed by atoms with van der Waals surface area (Å²) in [4.78, 5) is 16.0. The quantitative estimate of drug-likeness (QED) is 0.784. The van der Waals surface area contributed by atoms with Crippen LogP contribution in [0.25, 0.3) is 11.0 Å². The largest absolute Gasteiger partial charge is 0.478 e. The molecule has 0 radical (unpaired) electrons. The molecule has 2 heterocycles. The molecule has 0 amide bonds. The normalized spacial score (nSPS) is 23.1. The smallest absolute Gasteiger partial charge is 0.339 e. The molecule has 0 unspecified atom stereocenters. The number of aromatic nitrogens is 1. The Morgan fingerprint density at radius 2 is 2.17 bits per heavy atom. The van der Waals surface area contributed by atoms with Crippen molar-refractivity contribution in [3.8, 4) is 0 Å². The molecule has 0 spiro atoms. The van der Waals surface area contributed by atoms with Gasteiger partial charge in [0.05, 0.1) is 0 Å². The number of hydrogen-bond acceptors (Lipinski definition) is 3. The van der Waals surface area contributed by atoms with E-state index in [1.54, 1.807) is 6.92 Å². The third-order valence-electron chi connectivity index (χ3n) is 4.99. The summed E-state index contributed by atoms with van der Waals surface area (Å²) in [6.07, 6.45) is 2.84. The van der Waals surface area contributed by atoms with E-state index in [-0.39, 0.29) is 11.0 Å². The Morgan fingerprint density at radius 1 is 1.35 bits per heavy atom. The Morgan fingerprint density at radius 3 is 2.87 bits per heavy atom. The monoisotopic (exact) mass is 307 g/mol. The first-order valence-electron chi connectivity index (χ1n) is 7.68. The Kier molecular flexibility index (Phi) is 2.85. The molecule has 0 saturated heterocycles. The van der Waals surface area contributed by atoms with Gasteiger partial charge in [-0.15, -0.1) is 0 Å². The van der Waals surface area contributed by atoms with Gasteiger partial charge in [-0.25, -0.2) is 4.79 Å². The van der Waals surface area contributed by atoms with E-state index in [0.717, 1.165) is 17.7 Å². The second kappa shape index (κ2) is 4.69. The lowest BCUT2D eigenvalue weighted by molar-refractivity contribution is 0.0697. The van der Waals surface area contributed by atoms with Gasteiger partial charge >= 0.3 is 5.97 Å². The molecule has 0 bridgehead atoms. The third-order valence-corrected chi connectivity index (χ3v) is 4.99. The average molecular weight is 307 g/mol. The molecule has 3 aromatic rings. The average Bonchev–Trinajstić information content (AvgIpc) is 3.12. The molecule has 1 fully saturated rings. The van der Waals surface area contributed by atoms with E-state index in [1.807, 2.05) is 36.5 Å². The summed E-state index contributed by atoms with van der Waals surface area (Å²) >= 11 is 0. The Labute approximate surface area is 133 Å². The summed E-state index contributed by atoms with van der Waals surface area (Å²) in [5, 5.41) is 10.1. The highest BCUT2D eigenvalue weighted by Crippen LogP contribution is 2.59. The highest BCUT2D eigenvalue weighted by molar-refractivity contribution is 6.03. The fourth-order valence-electron chi connectivity index (χ4n) is 3.55. The van der Waals surface area contributed by atoms with Crippen molar-refractivity contribution in [2.24, 2.45) is 0 Å². The summed E-state index contributed by atoms with van der Waals surface area (Å²) in [7, 11) is 0. The molecule has 1 N–H and O–H groups in total. The molecule has 2 aromatic heterocycles. The van der Waals surface area contributed by atoms with Crippen LogP contribution in [0.15, 0.2) is 47.0 Å². The number of hydrogen-bond donors (Lipinski definition) is 1. The molecule has 116 valence electrons. The number of carboxylic acid groups (broad SMARTS) is 1. The summed E-state index contributed by atoms with van der Waals surface area (Å²) in [5.41, 5.74) is 3.16. The molecule has 1 aromatic carbocycles. The van der Waals surface area contributed by atoms with Crippen molar-refractivity contribution in [2.75, 3.05) is 0 Å². The standard InChI is InChI=1S/C19H17NO3/c1-11-17(18(21)22)13-9-12(6-7-15(13)23-11)14-10-19(14,2)16-5-3-4-8-20-16/h3-9,14H,10H2,1-2H3,(H,21,22)/t14-,19+/m0/s1. The van der Waals surface area contributed by atoms with Crippen molar-refractivity contribution >= 4 is 16.9 Å². The Balaban J connectivity index is 1.77. The Hall–Kier alpha value is -2.62. The third kappa shape index (κ3) is 2.05. The van der Waals surface area contributed by atoms with Crippen molar-refractivity contribution in [3.05, 3.63) is 65.2 Å². The summed E-state index contributed by atoms with van der Waals surface area (Å²) in [6, 6.07) is 11.9. The summed E-state index contributed by atoms with van der Waals surface area (Å²) in [5.74, 6) is -0.131. The SMILES string of the molecule is Cc1oc2ccc([C@@H]3C[C@@]3(C)c3ccccn3)cc2c1C(=O)O. The fraction of sp³-hybridized carbons (Fsp3) is 0.263. The number of pyridine rings is 1. The zero-order valence-electron chi connectivity index (χ0n) is 13.0. The van der Waals surface area contributed by atoms with E-state index < -0.39 is 5.97 Å². The highest BCUT2D eigenvalue weighted by Gasteiger charge is 2.53. The van der Waals surface area contributed by atoms with Crippen molar-refractivity contribution in [1.29, 1.82) is 0 Å². The summed E-state index contributed by atoms with van der Waals surface area (Å²) < 4.78 is 5.56. The number of aromatic carboxylic acids is 1. The minimum atomic E-state index is -0.943. The minimum absolute atomic E-state index is 0.0249. The molecule has 1 aliphatic rings. The van der Waals surface area contributed by atoms with Gasteiger partial charge in [-0.2, -0.15) is 0 Å². The van der Waals surface area contributed by atoms with Crippen LogP contribution >= 0.6 is 0 Å². The number of nitrogens with zero attached hydrogens (tertiary/aromatic N) is 1. The Bertz CT molecular complexity index is 913. The predicted octanol–water partition coefficient (Wildman–Crippen LogP) is 4.28. The maximum absolute atomic E-state index is 11.5. The van der Waals surface area contributed by atoms with Crippen LogP contribution in [-0.4, -0.2) is 16.1 Å². The number of carbonyl (C=O) groups is 1. The number of carboxylic acids is 1. The molecule has 1 saturated carbocycles. The maximum atomic E-state index is 11.5. The highest BCUT2D eigenvalue weighted by atomic mass is 16.4. The predicted molar refractivity (Wildman–Crippen MR) is 86.9 cm³/mol. The van der Waals surface area contributed by atoms with Crippen LogP contribution in [0.2, 0.25) is 0 Å². The van der Waals surface area contributed by atoms with E-state index in [0.29, 0.717) is 22.6 Å². The molecular weight excluding hydrogens is 290 g/mol. The van der Waals surface area contributed by atoms with Crippen LogP contribution in [0, 0.1) is 6.92 Å². The van der Waals surface area contributed by atoms with Crippen LogP contribution in [0.3, 0.4) is 0 Å². The second-order valence-corrected chi connectivity index (χ2v) is 6.48. The van der Waals surface area contributed by atoms with E-state index in [4.69, 9.17) is 4.42 Å². The van der Waals surface area contributed by atoms with Crippen LogP contribution < -0.4 is 0 Å². The zero-order chi connectivity index (χ0) is 16.2. The lowest BCUT2D eigenvalue weighted by Gasteiger charge is -2.10. The first kappa shape index (κ1) is 14.0.